The molecule has 0 aromatic heterocycles. The second-order valence-corrected chi connectivity index (χ2v) is 4.05. The molecule has 0 aromatic carbocycles. The number of unbranched alkanes of at least 4 members (excludes halogenated alkanes) is 3. The maximum absolute atomic E-state index is 11.5. The van der Waals surface area contributed by atoms with E-state index < -0.39 is 23.6 Å². The Hall–Kier alpha value is -2.94. The molecule has 0 aliphatic heterocycles. The van der Waals surface area contributed by atoms with E-state index in [4.69, 9.17) is 10.5 Å². The summed E-state index contributed by atoms with van der Waals surface area (Å²) in [5.41, 5.74) is -0.731. The minimum atomic E-state index is -1.06. The van der Waals surface area contributed by atoms with E-state index in [0.29, 0.717) is 19.4 Å². The fraction of sp³-hybridized carbons (Fsp3) is 0.538. The summed E-state index contributed by atoms with van der Waals surface area (Å²) < 4.78 is 0. The summed E-state index contributed by atoms with van der Waals surface area (Å²) in [6.45, 7) is 1.85. The second kappa shape index (κ2) is 11.9. The Morgan fingerprint density at radius 3 is 2.50 bits per heavy atom. The smallest absolute Gasteiger partial charge is 0.334 e. The summed E-state index contributed by atoms with van der Waals surface area (Å²) in [4.78, 5) is 38.0. The van der Waals surface area contributed by atoms with Gasteiger partial charge in [-0.1, -0.05) is 18.5 Å². The third-order valence-electron chi connectivity index (χ3n) is 2.33. The minimum absolute atomic E-state index is 0.0378. The molecule has 118 valence electrons. The van der Waals surface area contributed by atoms with E-state index >= 15 is 0 Å². The van der Waals surface area contributed by atoms with Crippen molar-refractivity contribution in [2.75, 3.05) is 6.54 Å². The molecular formula is C13H17N5O4. The van der Waals surface area contributed by atoms with E-state index in [1.807, 2.05) is 11.4 Å². The lowest BCUT2D eigenvalue weighted by Crippen LogP contribution is -2.42. The Kier molecular flexibility index (Phi) is 10.3. The fourth-order valence-electron chi connectivity index (χ4n) is 1.19. The van der Waals surface area contributed by atoms with Gasteiger partial charge in [-0.25, -0.2) is 9.59 Å². The summed E-state index contributed by atoms with van der Waals surface area (Å²) in [7, 11) is 0. The van der Waals surface area contributed by atoms with Crippen molar-refractivity contribution < 1.29 is 19.2 Å². The van der Waals surface area contributed by atoms with E-state index in [1.165, 1.54) is 13.0 Å². The first-order chi connectivity index (χ1) is 10.5. The average Bonchev–Trinajstić information content (AvgIpc) is 2.50. The van der Waals surface area contributed by atoms with Gasteiger partial charge >= 0.3 is 12.0 Å². The lowest BCUT2D eigenvalue weighted by molar-refractivity contribution is -0.143. The van der Waals surface area contributed by atoms with Gasteiger partial charge in [0.05, 0.1) is 6.07 Å². The van der Waals surface area contributed by atoms with Crippen molar-refractivity contribution in [3.8, 4) is 12.1 Å². The number of nitriles is 2. The predicted octanol–water partition coefficient (Wildman–Crippen LogP) is 0.729. The number of hydrogen-bond donors (Lipinski definition) is 2. The Labute approximate surface area is 127 Å². The van der Waals surface area contributed by atoms with Gasteiger partial charge in [-0.05, 0) is 12.8 Å². The van der Waals surface area contributed by atoms with Crippen molar-refractivity contribution in [2.24, 2.45) is 5.16 Å². The number of amides is 3. The van der Waals surface area contributed by atoms with E-state index in [-0.39, 0.29) is 6.42 Å². The largest absolute Gasteiger partial charge is 0.338 e. The SMILES string of the molecule is CCC(=O)ON=C(C#N)C(=O)NC(=O)NCCCCCC#N. The Balaban J connectivity index is 4.12. The zero-order valence-electron chi connectivity index (χ0n) is 12.2. The van der Waals surface area contributed by atoms with Crippen molar-refractivity contribution in [1.82, 2.24) is 10.6 Å². The van der Waals surface area contributed by atoms with E-state index in [2.05, 4.69) is 15.3 Å². The molecule has 9 heteroatoms. The highest BCUT2D eigenvalue weighted by atomic mass is 16.7. The molecule has 22 heavy (non-hydrogen) atoms. The van der Waals surface area contributed by atoms with Crippen LogP contribution in [0, 0.1) is 22.7 Å². The van der Waals surface area contributed by atoms with Gasteiger partial charge in [0.2, 0.25) is 5.71 Å². The Morgan fingerprint density at radius 1 is 1.18 bits per heavy atom. The van der Waals surface area contributed by atoms with Crippen LogP contribution in [-0.2, 0) is 14.4 Å². The van der Waals surface area contributed by atoms with E-state index in [0.717, 1.165) is 12.8 Å². The number of nitrogens with zero attached hydrogens (tertiary/aromatic N) is 3. The molecule has 0 unspecified atom stereocenters. The quantitative estimate of drug-likeness (QED) is 0.292. The van der Waals surface area contributed by atoms with Crippen molar-refractivity contribution >= 4 is 23.6 Å². The van der Waals surface area contributed by atoms with Gasteiger partial charge in [-0.15, -0.1) is 0 Å². The van der Waals surface area contributed by atoms with Crippen molar-refractivity contribution in [2.45, 2.75) is 39.0 Å². The lowest BCUT2D eigenvalue weighted by atomic mass is 10.2. The number of carbonyl (C=O) groups excluding carboxylic acids is 3. The second-order valence-electron chi connectivity index (χ2n) is 4.05. The van der Waals surface area contributed by atoms with Crippen LogP contribution in [0.25, 0.3) is 0 Å². The topological polar surface area (TPSA) is 144 Å². The zero-order valence-corrected chi connectivity index (χ0v) is 12.2. The fourth-order valence-corrected chi connectivity index (χ4v) is 1.19. The molecule has 0 radical (unpaired) electrons. The number of nitrogens with one attached hydrogen (secondary N) is 2. The van der Waals surface area contributed by atoms with Crippen LogP contribution < -0.4 is 10.6 Å². The molecule has 0 heterocycles. The third kappa shape index (κ3) is 9.04. The van der Waals surface area contributed by atoms with Crippen LogP contribution in [0.2, 0.25) is 0 Å². The first-order valence-corrected chi connectivity index (χ1v) is 6.69. The van der Waals surface area contributed by atoms with Crippen LogP contribution in [0.15, 0.2) is 5.16 Å². The monoisotopic (exact) mass is 307 g/mol. The lowest BCUT2D eigenvalue weighted by Gasteiger charge is -2.05. The molecule has 0 saturated heterocycles. The number of oxime groups is 1. The summed E-state index contributed by atoms with van der Waals surface area (Å²) >= 11 is 0. The van der Waals surface area contributed by atoms with Gasteiger partial charge in [0, 0.05) is 19.4 Å². The molecule has 3 amide bonds. The maximum Gasteiger partial charge on any atom is 0.334 e. The van der Waals surface area contributed by atoms with E-state index in [9.17, 15) is 14.4 Å². The first-order valence-electron chi connectivity index (χ1n) is 6.69. The molecule has 0 fully saturated rings. The number of urea groups is 1. The third-order valence-corrected chi connectivity index (χ3v) is 2.33. The van der Waals surface area contributed by atoms with Crippen LogP contribution >= 0.6 is 0 Å². The summed E-state index contributed by atoms with van der Waals surface area (Å²) in [5.74, 6) is -1.77. The van der Waals surface area contributed by atoms with Gasteiger partial charge in [-0.3, -0.25) is 10.1 Å². The molecule has 0 bridgehead atoms. The minimum Gasteiger partial charge on any atom is -0.338 e. The van der Waals surface area contributed by atoms with E-state index in [1.54, 1.807) is 0 Å². The maximum atomic E-state index is 11.5. The van der Waals surface area contributed by atoms with Crippen LogP contribution in [0.1, 0.15) is 39.0 Å². The first kappa shape index (κ1) is 19.1. The highest BCUT2D eigenvalue weighted by molar-refractivity contribution is 6.46. The Morgan fingerprint density at radius 2 is 1.91 bits per heavy atom. The van der Waals surface area contributed by atoms with Crippen LogP contribution in [-0.4, -0.2) is 30.2 Å². The van der Waals surface area contributed by atoms with Crippen molar-refractivity contribution in [1.29, 1.82) is 10.5 Å². The van der Waals surface area contributed by atoms with Crippen molar-refractivity contribution in [3.63, 3.8) is 0 Å². The highest BCUT2D eigenvalue weighted by Gasteiger charge is 2.15. The molecule has 9 nitrogen and oxygen atoms in total. The normalized spacial score (nSPS) is 10.0. The zero-order chi connectivity index (χ0) is 16.8. The number of hydrogen-bond acceptors (Lipinski definition) is 7. The average molecular weight is 307 g/mol. The molecule has 0 atom stereocenters. The van der Waals surface area contributed by atoms with Crippen molar-refractivity contribution in [3.05, 3.63) is 0 Å². The van der Waals surface area contributed by atoms with Crippen LogP contribution in [0.3, 0.4) is 0 Å². The number of imide groups is 1. The molecule has 0 rings (SSSR count). The molecule has 2 N–H and O–H groups in total. The van der Waals surface area contributed by atoms with Gasteiger partial charge in [0.25, 0.3) is 5.91 Å². The summed E-state index contributed by atoms with van der Waals surface area (Å²) in [6.07, 6.45) is 2.68. The van der Waals surface area contributed by atoms with Gasteiger partial charge in [0.15, 0.2) is 0 Å². The summed E-state index contributed by atoms with van der Waals surface area (Å²) in [6, 6.07) is 2.66. The van der Waals surface area contributed by atoms with Gasteiger partial charge in [0.1, 0.15) is 6.07 Å². The molecule has 0 aliphatic carbocycles. The molecule has 0 saturated carbocycles. The summed E-state index contributed by atoms with van der Waals surface area (Å²) in [5, 5.41) is 24.4. The number of rotatable bonds is 8. The highest BCUT2D eigenvalue weighted by Crippen LogP contribution is 1.96. The molecule has 0 aromatic rings. The van der Waals surface area contributed by atoms with Crippen LogP contribution in [0.4, 0.5) is 4.79 Å². The standard InChI is InChI=1S/C13H17N5O4/c1-2-11(19)22-18-10(9-15)12(20)17-13(21)16-8-6-4-3-5-7-14/h2-6,8H2,1H3,(H2,16,17,20,21). The molecular weight excluding hydrogens is 290 g/mol. The number of carbonyl (C=O) groups is 3. The molecule has 0 aliphatic rings. The molecule has 0 spiro atoms. The Bertz CT molecular complexity index is 516. The van der Waals surface area contributed by atoms with Gasteiger partial charge < -0.3 is 10.2 Å². The van der Waals surface area contributed by atoms with Crippen LogP contribution in [0.5, 0.6) is 0 Å². The van der Waals surface area contributed by atoms with Gasteiger partial charge in [-0.2, -0.15) is 10.5 Å². The predicted molar refractivity (Wildman–Crippen MR) is 75.1 cm³/mol.